The second-order valence-electron chi connectivity index (χ2n) is 6.09. The van der Waals surface area contributed by atoms with Crippen LogP contribution in [0.25, 0.3) is 0 Å². The van der Waals surface area contributed by atoms with Crippen LogP contribution in [-0.2, 0) is 0 Å². The predicted molar refractivity (Wildman–Crippen MR) is 93.4 cm³/mol. The molecule has 0 radical (unpaired) electrons. The largest absolute Gasteiger partial charge is 0.455 e. The molecular weight excluding hydrogens is 302 g/mol. The third-order valence-corrected chi connectivity index (χ3v) is 4.32. The number of nitrogens with zero attached hydrogens (tertiary/aromatic N) is 2. The summed E-state index contributed by atoms with van der Waals surface area (Å²) in [7, 11) is 0. The molecule has 1 aromatic carbocycles. The number of amides is 1. The molecule has 3 rings (SSSR count). The lowest BCUT2D eigenvalue weighted by Gasteiger charge is -2.24. The van der Waals surface area contributed by atoms with Gasteiger partial charge in [-0.3, -0.25) is 14.7 Å². The Hall–Kier alpha value is -2.40. The smallest absolute Gasteiger partial charge is 0.255 e. The quantitative estimate of drug-likeness (QED) is 0.887. The van der Waals surface area contributed by atoms with E-state index < -0.39 is 0 Å². The van der Waals surface area contributed by atoms with Gasteiger partial charge in [0.15, 0.2) is 0 Å². The van der Waals surface area contributed by atoms with Crippen molar-refractivity contribution in [2.24, 2.45) is 0 Å². The fourth-order valence-corrected chi connectivity index (χ4v) is 2.92. The molecule has 1 fully saturated rings. The van der Waals surface area contributed by atoms with Crippen molar-refractivity contribution in [1.29, 1.82) is 0 Å². The van der Waals surface area contributed by atoms with E-state index in [1.54, 1.807) is 30.6 Å². The molecule has 24 heavy (non-hydrogen) atoms. The van der Waals surface area contributed by atoms with E-state index in [0.29, 0.717) is 29.6 Å². The lowest BCUT2D eigenvalue weighted by atomic mass is 10.2. The molecule has 1 aromatic heterocycles. The number of likely N-dealkylation sites (tertiary alicyclic amines) is 1. The molecule has 1 unspecified atom stereocenters. The van der Waals surface area contributed by atoms with Crippen LogP contribution in [0.15, 0.2) is 48.8 Å². The molecule has 5 heteroatoms. The molecule has 1 aliphatic rings. The summed E-state index contributed by atoms with van der Waals surface area (Å²) < 4.78 is 5.80. The Morgan fingerprint density at radius 3 is 2.79 bits per heavy atom. The number of aromatic nitrogens is 1. The van der Waals surface area contributed by atoms with Crippen LogP contribution in [0.3, 0.4) is 0 Å². The highest BCUT2D eigenvalue weighted by atomic mass is 16.5. The summed E-state index contributed by atoms with van der Waals surface area (Å²) in [4.78, 5) is 19.0. The van der Waals surface area contributed by atoms with E-state index in [-0.39, 0.29) is 5.91 Å². The van der Waals surface area contributed by atoms with Crippen LogP contribution >= 0.6 is 0 Å². The molecule has 1 amide bonds. The summed E-state index contributed by atoms with van der Waals surface area (Å²) in [5, 5.41) is 3.03. The van der Waals surface area contributed by atoms with Gasteiger partial charge in [0.05, 0.1) is 11.8 Å². The summed E-state index contributed by atoms with van der Waals surface area (Å²) in [5.74, 6) is 1.04. The average Bonchev–Trinajstić information content (AvgIpc) is 3.15. The minimum absolute atomic E-state index is 0.111. The van der Waals surface area contributed by atoms with E-state index in [1.807, 2.05) is 18.2 Å². The Morgan fingerprint density at radius 2 is 2.04 bits per heavy atom. The number of pyridine rings is 1. The molecule has 2 heterocycles. The number of ether oxygens (including phenoxy) is 1. The first kappa shape index (κ1) is 16.5. The Balaban J connectivity index is 1.64. The number of nitrogens with one attached hydrogen (secondary N) is 1. The number of carbonyl (C=O) groups excluding carboxylic acids is 1. The van der Waals surface area contributed by atoms with Crippen molar-refractivity contribution >= 4 is 5.91 Å². The van der Waals surface area contributed by atoms with Gasteiger partial charge in [-0.1, -0.05) is 12.1 Å². The van der Waals surface area contributed by atoms with Gasteiger partial charge in [-0.25, -0.2) is 0 Å². The number of hydrogen-bond acceptors (Lipinski definition) is 4. The molecule has 1 atom stereocenters. The highest BCUT2D eigenvalue weighted by Crippen LogP contribution is 2.24. The van der Waals surface area contributed by atoms with Crippen molar-refractivity contribution in [1.82, 2.24) is 15.2 Å². The number of rotatable bonds is 6. The van der Waals surface area contributed by atoms with Gasteiger partial charge in [0.25, 0.3) is 5.91 Å². The maximum Gasteiger partial charge on any atom is 0.255 e. The van der Waals surface area contributed by atoms with E-state index in [9.17, 15) is 4.79 Å². The van der Waals surface area contributed by atoms with Crippen LogP contribution in [0, 0.1) is 0 Å². The van der Waals surface area contributed by atoms with Crippen molar-refractivity contribution < 1.29 is 9.53 Å². The van der Waals surface area contributed by atoms with Crippen molar-refractivity contribution in [3.8, 4) is 11.5 Å². The Morgan fingerprint density at radius 1 is 1.25 bits per heavy atom. The number of para-hydroxylation sites is 1. The first-order valence-corrected chi connectivity index (χ1v) is 8.43. The monoisotopic (exact) mass is 325 g/mol. The maximum atomic E-state index is 12.5. The van der Waals surface area contributed by atoms with E-state index in [0.717, 1.165) is 13.1 Å². The second kappa shape index (κ2) is 7.93. The molecule has 2 aromatic rings. The highest BCUT2D eigenvalue weighted by Gasteiger charge is 2.19. The number of carbonyl (C=O) groups is 1. The molecular formula is C19H23N3O2. The van der Waals surface area contributed by atoms with E-state index in [4.69, 9.17) is 4.74 Å². The minimum Gasteiger partial charge on any atom is -0.455 e. The van der Waals surface area contributed by atoms with Crippen LogP contribution < -0.4 is 10.1 Å². The molecule has 5 nitrogen and oxygen atoms in total. The number of benzene rings is 1. The van der Waals surface area contributed by atoms with Gasteiger partial charge in [0, 0.05) is 18.8 Å². The SMILES string of the molecule is CC(CNC(=O)c1ccccc1Oc1cccnc1)N1CCCC1. The molecule has 0 spiro atoms. The molecule has 0 aliphatic carbocycles. The van der Waals surface area contributed by atoms with Crippen LogP contribution in [0.5, 0.6) is 11.5 Å². The zero-order valence-corrected chi connectivity index (χ0v) is 13.9. The van der Waals surface area contributed by atoms with Gasteiger partial charge in [0.1, 0.15) is 11.5 Å². The fraction of sp³-hybridized carbons (Fsp3) is 0.368. The Labute approximate surface area is 142 Å². The Bertz CT molecular complexity index is 669. The zero-order chi connectivity index (χ0) is 16.8. The standard InChI is InChI=1S/C19H23N3O2/c1-15(22-11-4-5-12-22)13-21-19(23)17-8-2-3-9-18(17)24-16-7-6-10-20-14-16/h2-3,6-10,14-15H,4-5,11-13H2,1H3,(H,21,23). The Kier molecular flexibility index (Phi) is 5.43. The fourth-order valence-electron chi connectivity index (χ4n) is 2.92. The summed E-state index contributed by atoms with van der Waals surface area (Å²) in [6.07, 6.45) is 5.81. The van der Waals surface area contributed by atoms with Gasteiger partial charge in [-0.15, -0.1) is 0 Å². The van der Waals surface area contributed by atoms with Gasteiger partial charge in [-0.05, 0) is 57.1 Å². The van der Waals surface area contributed by atoms with Crippen molar-refractivity contribution in [2.45, 2.75) is 25.8 Å². The third-order valence-electron chi connectivity index (χ3n) is 4.32. The van der Waals surface area contributed by atoms with Crippen LogP contribution in [-0.4, -0.2) is 41.5 Å². The summed E-state index contributed by atoms with van der Waals surface area (Å²) in [6.45, 7) is 5.04. The summed E-state index contributed by atoms with van der Waals surface area (Å²) in [6, 6.07) is 11.2. The molecule has 1 aliphatic heterocycles. The molecule has 1 N–H and O–H groups in total. The van der Waals surface area contributed by atoms with Crippen LogP contribution in [0.2, 0.25) is 0 Å². The number of hydrogen-bond donors (Lipinski definition) is 1. The van der Waals surface area contributed by atoms with E-state index in [2.05, 4.69) is 22.1 Å². The van der Waals surface area contributed by atoms with Gasteiger partial charge >= 0.3 is 0 Å². The minimum atomic E-state index is -0.111. The maximum absolute atomic E-state index is 12.5. The topological polar surface area (TPSA) is 54.5 Å². The van der Waals surface area contributed by atoms with Crippen molar-refractivity contribution in [3.63, 3.8) is 0 Å². The average molecular weight is 325 g/mol. The first-order valence-electron chi connectivity index (χ1n) is 8.43. The highest BCUT2D eigenvalue weighted by molar-refractivity contribution is 5.97. The zero-order valence-electron chi connectivity index (χ0n) is 13.9. The van der Waals surface area contributed by atoms with Gasteiger partial charge < -0.3 is 10.1 Å². The predicted octanol–water partition coefficient (Wildman–Crippen LogP) is 3.09. The van der Waals surface area contributed by atoms with Crippen LogP contribution in [0.4, 0.5) is 0 Å². The lowest BCUT2D eigenvalue weighted by molar-refractivity contribution is 0.0938. The van der Waals surface area contributed by atoms with Gasteiger partial charge in [-0.2, -0.15) is 0 Å². The van der Waals surface area contributed by atoms with E-state index in [1.165, 1.54) is 12.8 Å². The van der Waals surface area contributed by atoms with Crippen LogP contribution in [0.1, 0.15) is 30.1 Å². The summed E-state index contributed by atoms with van der Waals surface area (Å²) in [5.41, 5.74) is 0.537. The molecule has 1 saturated heterocycles. The van der Waals surface area contributed by atoms with E-state index >= 15 is 0 Å². The van der Waals surface area contributed by atoms with Crippen molar-refractivity contribution in [2.75, 3.05) is 19.6 Å². The third kappa shape index (κ3) is 4.11. The molecule has 126 valence electrons. The molecule has 0 bridgehead atoms. The first-order chi connectivity index (χ1) is 11.7. The lowest BCUT2D eigenvalue weighted by Crippen LogP contribution is -2.40. The van der Waals surface area contributed by atoms with Gasteiger partial charge in [0.2, 0.25) is 0 Å². The normalized spacial score (nSPS) is 15.9. The second-order valence-corrected chi connectivity index (χ2v) is 6.09. The van der Waals surface area contributed by atoms with Crippen molar-refractivity contribution in [3.05, 3.63) is 54.4 Å². The molecule has 0 saturated carbocycles. The summed E-state index contributed by atoms with van der Waals surface area (Å²) >= 11 is 0.